The Hall–Kier alpha value is -2.18. The van der Waals surface area contributed by atoms with E-state index in [1.165, 1.54) is 4.31 Å². The fraction of sp³-hybridized carbons (Fsp3) is 0.125. The zero-order chi connectivity index (χ0) is 16.8. The van der Waals surface area contributed by atoms with Crippen LogP contribution in [0.3, 0.4) is 0 Å². The molecule has 0 saturated carbocycles. The lowest BCUT2D eigenvalue weighted by Gasteiger charge is -2.16. The number of nitrogens with one attached hydrogen (secondary N) is 1. The van der Waals surface area contributed by atoms with Crippen molar-refractivity contribution in [2.24, 2.45) is 5.73 Å². The molecular formula is C16H16ClN3O2S. The molecule has 0 unspecified atom stereocenters. The standard InChI is InChI=1S/C16H16ClN3O2S/c17-13-5-1-11(2-6-13)9-10-19-16(22)20(23)14-7-3-12(4-8-14)15(18)21/h1-8,23H,9-10H2,(H2,18,21)(H,19,22). The van der Waals surface area contributed by atoms with Gasteiger partial charge in [0, 0.05) is 17.1 Å². The topological polar surface area (TPSA) is 75.4 Å². The maximum absolute atomic E-state index is 12.0. The van der Waals surface area contributed by atoms with E-state index in [1.54, 1.807) is 24.3 Å². The number of carbonyl (C=O) groups excluding carboxylic acids is 2. The second kappa shape index (κ2) is 7.89. The van der Waals surface area contributed by atoms with Crippen molar-refractivity contribution in [3.05, 3.63) is 64.7 Å². The van der Waals surface area contributed by atoms with E-state index in [1.807, 2.05) is 24.3 Å². The van der Waals surface area contributed by atoms with Crippen LogP contribution in [0.2, 0.25) is 5.02 Å². The first-order valence-corrected chi connectivity index (χ1v) is 7.66. The molecule has 0 fully saturated rings. The third kappa shape index (κ3) is 4.91. The smallest absolute Gasteiger partial charge is 0.331 e. The molecule has 23 heavy (non-hydrogen) atoms. The van der Waals surface area contributed by atoms with Crippen LogP contribution in [-0.2, 0) is 6.42 Å². The van der Waals surface area contributed by atoms with Crippen molar-refractivity contribution in [3.63, 3.8) is 0 Å². The zero-order valence-corrected chi connectivity index (χ0v) is 13.8. The molecule has 2 aromatic carbocycles. The van der Waals surface area contributed by atoms with Crippen LogP contribution in [-0.4, -0.2) is 18.5 Å². The van der Waals surface area contributed by atoms with E-state index in [0.717, 1.165) is 5.56 Å². The Morgan fingerprint density at radius 2 is 1.70 bits per heavy atom. The van der Waals surface area contributed by atoms with Gasteiger partial charge in [0.25, 0.3) is 0 Å². The number of hydrogen-bond donors (Lipinski definition) is 3. The van der Waals surface area contributed by atoms with Crippen molar-refractivity contribution < 1.29 is 9.59 Å². The normalized spacial score (nSPS) is 10.2. The van der Waals surface area contributed by atoms with Crippen LogP contribution in [0.1, 0.15) is 15.9 Å². The van der Waals surface area contributed by atoms with Crippen molar-refractivity contribution in [1.29, 1.82) is 0 Å². The van der Waals surface area contributed by atoms with Crippen LogP contribution >= 0.6 is 24.4 Å². The maximum atomic E-state index is 12.0. The highest BCUT2D eigenvalue weighted by Gasteiger charge is 2.12. The summed E-state index contributed by atoms with van der Waals surface area (Å²) in [5.74, 6) is -0.519. The summed E-state index contributed by atoms with van der Waals surface area (Å²) in [5, 5.41) is 3.45. The van der Waals surface area contributed by atoms with Gasteiger partial charge in [-0.15, -0.1) is 0 Å². The summed E-state index contributed by atoms with van der Waals surface area (Å²) < 4.78 is 1.17. The Balaban J connectivity index is 1.87. The average Bonchev–Trinajstić information content (AvgIpc) is 2.56. The van der Waals surface area contributed by atoms with E-state index in [2.05, 4.69) is 18.1 Å². The number of hydrogen-bond acceptors (Lipinski definition) is 3. The summed E-state index contributed by atoms with van der Waals surface area (Å²) in [7, 11) is 0. The van der Waals surface area contributed by atoms with Crippen molar-refractivity contribution in [3.8, 4) is 0 Å². The van der Waals surface area contributed by atoms with E-state index in [4.69, 9.17) is 17.3 Å². The van der Waals surface area contributed by atoms with Crippen LogP contribution in [0.5, 0.6) is 0 Å². The van der Waals surface area contributed by atoms with Gasteiger partial charge in [-0.25, -0.2) is 9.10 Å². The fourth-order valence-corrected chi connectivity index (χ4v) is 2.25. The molecular weight excluding hydrogens is 334 g/mol. The quantitative estimate of drug-likeness (QED) is 0.726. The van der Waals surface area contributed by atoms with Crippen molar-refractivity contribution >= 4 is 42.0 Å². The number of urea groups is 1. The number of amides is 3. The Bertz CT molecular complexity index is 689. The van der Waals surface area contributed by atoms with Gasteiger partial charge < -0.3 is 11.1 Å². The van der Waals surface area contributed by atoms with Gasteiger partial charge in [0.1, 0.15) is 0 Å². The summed E-state index contributed by atoms with van der Waals surface area (Å²) in [6, 6.07) is 13.4. The fourth-order valence-electron chi connectivity index (χ4n) is 1.92. The maximum Gasteiger partial charge on any atom is 0.331 e. The number of halogens is 1. The lowest BCUT2D eigenvalue weighted by molar-refractivity contribution is 0.100. The predicted octanol–water partition coefficient (Wildman–Crippen LogP) is 3.04. The molecule has 0 radical (unpaired) electrons. The molecule has 3 amide bonds. The van der Waals surface area contributed by atoms with E-state index in [-0.39, 0.29) is 6.03 Å². The molecule has 0 spiro atoms. The number of primary amides is 1. The molecule has 120 valence electrons. The summed E-state index contributed by atoms with van der Waals surface area (Å²) >= 11 is 9.98. The van der Waals surface area contributed by atoms with E-state index < -0.39 is 5.91 Å². The highest BCUT2D eigenvalue weighted by molar-refractivity contribution is 7.82. The minimum atomic E-state index is -0.519. The number of anilines is 1. The Kier molecular flexibility index (Phi) is 5.90. The lowest BCUT2D eigenvalue weighted by Crippen LogP contribution is -2.35. The third-order valence-corrected chi connectivity index (χ3v) is 3.86. The molecule has 0 aliphatic heterocycles. The molecule has 0 bridgehead atoms. The van der Waals surface area contributed by atoms with Gasteiger partial charge in [0.05, 0.1) is 5.69 Å². The lowest BCUT2D eigenvalue weighted by atomic mass is 10.1. The zero-order valence-electron chi connectivity index (χ0n) is 12.2. The molecule has 5 nitrogen and oxygen atoms in total. The minimum Gasteiger partial charge on any atom is -0.366 e. The van der Waals surface area contributed by atoms with E-state index in [0.29, 0.717) is 29.2 Å². The molecule has 0 aliphatic rings. The van der Waals surface area contributed by atoms with Gasteiger partial charge in [-0.2, -0.15) is 0 Å². The molecule has 0 aromatic heterocycles. The summed E-state index contributed by atoms with van der Waals surface area (Å²) in [6.07, 6.45) is 0.686. The van der Waals surface area contributed by atoms with Crippen LogP contribution < -0.4 is 15.4 Å². The first-order valence-electron chi connectivity index (χ1n) is 6.88. The van der Waals surface area contributed by atoms with Gasteiger partial charge in [0.2, 0.25) is 5.91 Å². The molecule has 0 atom stereocenters. The van der Waals surface area contributed by atoms with Gasteiger partial charge in [-0.1, -0.05) is 36.5 Å². The third-order valence-electron chi connectivity index (χ3n) is 3.19. The number of rotatable bonds is 5. The SMILES string of the molecule is NC(=O)c1ccc(N(S)C(=O)NCCc2ccc(Cl)cc2)cc1. The number of nitrogens with zero attached hydrogens (tertiary/aromatic N) is 1. The van der Waals surface area contributed by atoms with Crippen LogP contribution in [0, 0.1) is 0 Å². The first-order chi connectivity index (χ1) is 11.0. The van der Waals surface area contributed by atoms with Crippen molar-refractivity contribution in [2.45, 2.75) is 6.42 Å². The predicted molar refractivity (Wildman–Crippen MR) is 95.0 cm³/mol. The van der Waals surface area contributed by atoms with Gasteiger partial charge in [-0.3, -0.25) is 4.79 Å². The number of nitrogens with two attached hydrogens (primary N) is 1. The number of benzene rings is 2. The average molecular weight is 350 g/mol. The summed E-state index contributed by atoms with van der Waals surface area (Å²) in [4.78, 5) is 23.0. The molecule has 0 saturated heterocycles. The van der Waals surface area contributed by atoms with Gasteiger partial charge >= 0.3 is 6.03 Å². The minimum absolute atomic E-state index is 0.353. The number of thiol groups is 1. The van der Waals surface area contributed by atoms with E-state index in [9.17, 15) is 9.59 Å². The van der Waals surface area contributed by atoms with Crippen LogP contribution in [0.4, 0.5) is 10.5 Å². The largest absolute Gasteiger partial charge is 0.366 e. The Morgan fingerprint density at radius 1 is 1.09 bits per heavy atom. The molecule has 7 heteroatoms. The summed E-state index contributed by atoms with van der Waals surface area (Å²) in [6.45, 7) is 0.469. The van der Waals surface area contributed by atoms with Crippen molar-refractivity contribution in [1.82, 2.24) is 5.32 Å². The molecule has 0 heterocycles. The highest BCUT2D eigenvalue weighted by Crippen LogP contribution is 2.17. The van der Waals surface area contributed by atoms with Crippen LogP contribution in [0.15, 0.2) is 48.5 Å². The molecule has 0 aliphatic carbocycles. The molecule has 2 rings (SSSR count). The van der Waals surface area contributed by atoms with Gasteiger partial charge in [0.15, 0.2) is 0 Å². The van der Waals surface area contributed by atoms with Crippen molar-refractivity contribution in [2.75, 3.05) is 10.8 Å². The Labute approximate surface area is 145 Å². The molecule has 3 N–H and O–H groups in total. The second-order valence-electron chi connectivity index (χ2n) is 4.83. The first kappa shape index (κ1) is 17.2. The second-order valence-corrected chi connectivity index (χ2v) is 5.67. The summed E-state index contributed by atoms with van der Waals surface area (Å²) in [5.41, 5.74) is 7.16. The van der Waals surface area contributed by atoms with Crippen LogP contribution in [0.25, 0.3) is 0 Å². The molecule has 2 aromatic rings. The number of carbonyl (C=O) groups is 2. The van der Waals surface area contributed by atoms with Gasteiger partial charge in [-0.05, 0) is 48.4 Å². The highest BCUT2D eigenvalue weighted by atomic mass is 35.5. The van der Waals surface area contributed by atoms with E-state index >= 15 is 0 Å². The Morgan fingerprint density at radius 3 is 2.26 bits per heavy atom. The monoisotopic (exact) mass is 349 g/mol.